The van der Waals surface area contributed by atoms with Crippen LogP contribution in [0.4, 0.5) is 30.6 Å². The van der Waals surface area contributed by atoms with Crippen LogP contribution >= 0.6 is 0 Å². The molecule has 3 aromatic heterocycles. The summed E-state index contributed by atoms with van der Waals surface area (Å²) in [6.45, 7) is 1.79. The van der Waals surface area contributed by atoms with Crippen LogP contribution in [0.15, 0.2) is 30.7 Å². The second-order valence-electron chi connectivity index (χ2n) is 6.60. The highest BCUT2D eigenvalue weighted by Gasteiger charge is 2.25. The Morgan fingerprint density at radius 1 is 1.18 bits per heavy atom. The molecule has 1 aliphatic rings. The monoisotopic (exact) mass is 390 g/mol. The van der Waals surface area contributed by atoms with Crippen LogP contribution in [0.25, 0.3) is 11.1 Å². The number of likely N-dealkylation sites (tertiary alicyclic amines) is 1. The van der Waals surface area contributed by atoms with Gasteiger partial charge < -0.3 is 16.0 Å². The first-order valence-corrected chi connectivity index (χ1v) is 8.47. The Hall–Kier alpha value is -3.21. The first-order valence-electron chi connectivity index (χ1n) is 8.47. The third-order valence-electron chi connectivity index (χ3n) is 4.40. The van der Waals surface area contributed by atoms with Crippen LogP contribution in [0, 0.1) is 5.82 Å². The molecule has 4 rings (SSSR count). The first kappa shape index (κ1) is 18.2. The molecule has 1 fully saturated rings. The summed E-state index contributed by atoms with van der Waals surface area (Å²) in [7, 11) is 2.02. The second kappa shape index (κ2) is 7.08. The van der Waals surface area contributed by atoms with Gasteiger partial charge in [0.15, 0.2) is 5.82 Å². The van der Waals surface area contributed by atoms with Gasteiger partial charge in [0.1, 0.15) is 23.3 Å². The van der Waals surface area contributed by atoms with E-state index in [9.17, 15) is 13.2 Å². The average molecular weight is 390 g/mol. The number of halogens is 3. The number of nitrogens with zero attached hydrogens (tertiary/aromatic N) is 6. The number of alkyl halides is 2. The molecule has 0 atom stereocenters. The Balaban J connectivity index is 1.54. The molecule has 0 aliphatic carbocycles. The molecule has 3 N–H and O–H groups in total. The number of pyridine rings is 1. The zero-order chi connectivity index (χ0) is 19.8. The normalized spacial score (nSPS) is 15.0. The summed E-state index contributed by atoms with van der Waals surface area (Å²) in [5.41, 5.74) is 6.40. The average Bonchev–Trinajstić information content (AvgIpc) is 3.07. The molecule has 1 saturated heterocycles. The van der Waals surface area contributed by atoms with Crippen molar-refractivity contribution in [3.05, 3.63) is 42.4 Å². The number of rotatable bonds is 5. The van der Waals surface area contributed by atoms with Gasteiger partial charge in [-0.1, -0.05) is 0 Å². The fourth-order valence-electron chi connectivity index (χ4n) is 3.00. The maximum Gasteiger partial charge on any atom is 0.297 e. The van der Waals surface area contributed by atoms with Crippen molar-refractivity contribution in [3.63, 3.8) is 0 Å². The van der Waals surface area contributed by atoms with Gasteiger partial charge in [0.25, 0.3) is 6.43 Å². The van der Waals surface area contributed by atoms with Crippen molar-refractivity contribution >= 4 is 17.5 Å². The quantitative estimate of drug-likeness (QED) is 0.691. The van der Waals surface area contributed by atoms with Crippen molar-refractivity contribution in [1.82, 2.24) is 29.6 Å². The summed E-state index contributed by atoms with van der Waals surface area (Å²) >= 11 is 0. The number of aromatic nitrogens is 5. The van der Waals surface area contributed by atoms with E-state index in [1.165, 1.54) is 12.3 Å². The van der Waals surface area contributed by atoms with Crippen molar-refractivity contribution in [2.45, 2.75) is 12.5 Å². The Morgan fingerprint density at radius 3 is 2.64 bits per heavy atom. The van der Waals surface area contributed by atoms with Crippen LogP contribution in [0.2, 0.25) is 0 Å². The summed E-state index contributed by atoms with van der Waals surface area (Å²) in [6.07, 6.45) is 1.85. The van der Waals surface area contributed by atoms with Crippen molar-refractivity contribution in [2.75, 3.05) is 31.2 Å². The van der Waals surface area contributed by atoms with Crippen LogP contribution in [0.5, 0.6) is 0 Å². The van der Waals surface area contributed by atoms with Gasteiger partial charge >= 0.3 is 0 Å². The van der Waals surface area contributed by atoms with Gasteiger partial charge in [0.2, 0.25) is 0 Å². The zero-order valence-corrected chi connectivity index (χ0v) is 14.9. The molecule has 0 radical (unpaired) electrons. The number of nitrogens with two attached hydrogens (primary N) is 1. The predicted molar refractivity (Wildman–Crippen MR) is 96.6 cm³/mol. The van der Waals surface area contributed by atoms with Gasteiger partial charge in [-0.25, -0.2) is 28.1 Å². The molecular weight excluding hydrogens is 373 g/mol. The Kier molecular flexibility index (Phi) is 4.59. The lowest BCUT2D eigenvalue weighted by Crippen LogP contribution is -2.45. The number of nitrogen functional groups attached to an aromatic ring is 1. The van der Waals surface area contributed by atoms with Gasteiger partial charge in [-0.05, 0) is 7.05 Å². The van der Waals surface area contributed by atoms with E-state index in [1.807, 2.05) is 11.7 Å². The largest absolute Gasteiger partial charge is 0.384 e. The minimum atomic E-state index is -2.87. The molecule has 8 nitrogen and oxygen atoms in total. The standard InChI is InChI=1S/C17H17F3N8/c1-27-7-10(8-27)28-6-9(4-23-28)11-5-22-14(2-12(11)18)25-15-3-13(21)24-17(26-15)16(19)20/h2-6,10,16H,7-8H2,1H3,(H3,21,22,24,25,26). The predicted octanol–water partition coefficient (Wildman–Crippen LogP) is 2.62. The molecule has 0 unspecified atom stereocenters. The number of anilines is 3. The Bertz CT molecular complexity index is 1000. The molecule has 0 amide bonds. The Morgan fingerprint density at radius 2 is 1.96 bits per heavy atom. The minimum absolute atomic E-state index is 0.00405. The molecule has 146 valence electrons. The third-order valence-corrected chi connectivity index (χ3v) is 4.40. The highest BCUT2D eigenvalue weighted by atomic mass is 19.3. The topological polar surface area (TPSA) is 97.8 Å². The molecule has 11 heteroatoms. The van der Waals surface area contributed by atoms with E-state index in [2.05, 4.69) is 30.3 Å². The first-order chi connectivity index (χ1) is 13.4. The van der Waals surface area contributed by atoms with Gasteiger partial charge in [-0.2, -0.15) is 5.10 Å². The van der Waals surface area contributed by atoms with Gasteiger partial charge in [0, 0.05) is 48.7 Å². The van der Waals surface area contributed by atoms with Crippen LogP contribution in [0.1, 0.15) is 18.3 Å². The minimum Gasteiger partial charge on any atom is -0.384 e. The van der Waals surface area contributed by atoms with Crippen molar-refractivity contribution in [2.24, 2.45) is 0 Å². The molecular formula is C17H17F3N8. The van der Waals surface area contributed by atoms with E-state index in [0.29, 0.717) is 11.1 Å². The summed E-state index contributed by atoms with van der Waals surface area (Å²) in [5.74, 6) is -1.26. The Labute approximate surface area is 158 Å². The molecule has 4 heterocycles. The van der Waals surface area contributed by atoms with Gasteiger partial charge in [0.05, 0.1) is 12.2 Å². The lowest BCUT2D eigenvalue weighted by molar-refractivity contribution is 0.130. The second-order valence-corrected chi connectivity index (χ2v) is 6.60. The van der Waals surface area contributed by atoms with E-state index in [-0.39, 0.29) is 23.5 Å². The highest BCUT2D eigenvalue weighted by Crippen LogP contribution is 2.27. The van der Waals surface area contributed by atoms with E-state index in [1.54, 1.807) is 12.4 Å². The number of likely N-dealkylation sites (N-methyl/N-ethyl adjacent to an activating group) is 1. The lowest BCUT2D eigenvalue weighted by Gasteiger charge is -2.36. The van der Waals surface area contributed by atoms with Crippen LogP contribution < -0.4 is 11.1 Å². The number of hydrogen-bond acceptors (Lipinski definition) is 7. The summed E-state index contributed by atoms with van der Waals surface area (Å²) in [6, 6.07) is 2.70. The molecule has 0 bridgehead atoms. The SMILES string of the molecule is CN1CC(n2cc(-c3cnc(Nc4cc(N)nc(C(F)F)n4)cc3F)cn2)C1. The van der Waals surface area contributed by atoms with E-state index < -0.39 is 18.1 Å². The molecule has 1 aliphatic heterocycles. The fraction of sp³-hybridized carbons (Fsp3) is 0.294. The van der Waals surface area contributed by atoms with Crippen LogP contribution in [-0.4, -0.2) is 49.8 Å². The van der Waals surface area contributed by atoms with Crippen LogP contribution in [0.3, 0.4) is 0 Å². The molecule has 28 heavy (non-hydrogen) atoms. The van der Waals surface area contributed by atoms with E-state index >= 15 is 0 Å². The summed E-state index contributed by atoms with van der Waals surface area (Å²) < 4.78 is 42.0. The van der Waals surface area contributed by atoms with Crippen molar-refractivity contribution in [1.29, 1.82) is 0 Å². The summed E-state index contributed by atoms with van der Waals surface area (Å²) in [5, 5.41) is 6.96. The number of hydrogen-bond donors (Lipinski definition) is 2. The smallest absolute Gasteiger partial charge is 0.297 e. The van der Waals surface area contributed by atoms with Crippen molar-refractivity contribution in [3.8, 4) is 11.1 Å². The lowest BCUT2D eigenvalue weighted by atomic mass is 10.1. The molecule has 0 spiro atoms. The summed E-state index contributed by atoms with van der Waals surface area (Å²) in [4.78, 5) is 13.4. The zero-order valence-electron chi connectivity index (χ0n) is 14.9. The maximum atomic E-state index is 14.6. The maximum absolute atomic E-state index is 14.6. The number of nitrogens with one attached hydrogen (secondary N) is 1. The molecule has 0 saturated carbocycles. The molecule has 0 aromatic carbocycles. The molecule has 3 aromatic rings. The van der Waals surface area contributed by atoms with E-state index in [4.69, 9.17) is 5.73 Å². The van der Waals surface area contributed by atoms with E-state index in [0.717, 1.165) is 19.2 Å². The highest BCUT2D eigenvalue weighted by molar-refractivity contribution is 5.64. The van der Waals surface area contributed by atoms with Gasteiger partial charge in [-0.3, -0.25) is 4.68 Å². The van der Waals surface area contributed by atoms with Crippen molar-refractivity contribution < 1.29 is 13.2 Å². The van der Waals surface area contributed by atoms with Crippen LogP contribution in [-0.2, 0) is 0 Å². The third kappa shape index (κ3) is 3.60. The van der Waals surface area contributed by atoms with Gasteiger partial charge in [-0.15, -0.1) is 0 Å². The fourth-order valence-corrected chi connectivity index (χ4v) is 3.00.